The Morgan fingerprint density at radius 3 is 2.83 bits per heavy atom. The van der Waals surface area contributed by atoms with Crippen LogP contribution < -0.4 is 5.56 Å². The minimum Gasteiger partial charge on any atom is -0.332 e. The Hall–Kier alpha value is -2.54. The van der Waals surface area contributed by atoms with Crippen molar-refractivity contribution in [3.63, 3.8) is 0 Å². The Balaban J connectivity index is 1.35. The average molecular weight is 396 g/mol. The summed E-state index contributed by atoms with van der Waals surface area (Å²) in [6.45, 7) is 3.76. The van der Waals surface area contributed by atoms with Gasteiger partial charge in [0.25, 0.3) is 11.5 Å². The molecule has 0 radical (unpaired) electrons. The van der Waals surface area contributed by atoms with Gasteiger partial charge in [0.05, 0.1) is 17.8 Å². The fourth-order valence-electron chi connectivity index (χ4n) is 4.52. The van der Waals surface area contributed by atoms with E-state index in [1.54, 1.807) is 17.0 Å². The van der Waals surface area contributed by atoms with Crippen LogP contribution >= 0.6 is 0 Å². The quantitative estimate of drug-likeness (QED) is 0.861. The van der Waals surface area contributed by atoms with E-state index in [1.807, 2.05) is 0 Å². The van der Waals surface area contributed by atoms with Crippen molar-refractivity contribution in [1.82, 2.24) is 19.8 Å². The van der Waals surface area contributed by atoms with Gasteiger partial charge in [-0.2, -0.15) is 0 Å². The van der Waals surface area contributed by atoms with E-state index in [2.05, 4.69) is 9.88 Å². The van der Waals surface area contributed by atoms with Crippen molar-refractivity contribution < 1.29 is 9.18 Å². The van der Waals surface area contributed by atoms with Crippen LogP contribution in [0.1, 0.15) is 52.6 Å². The molecule has 1 N–H and O–H groups in total. The highest BCUT2D eigenvalue weighted by Crippen LogP contribution is 2.33. The summed E-state index contributed by atoms with van der Waals surface area (Å²) in [5.74, 6) is 0.928. The number of carbonyl (C=O) groups is 1. The summed E-state index contributed by atoms with van der Waals surface area (Å²) in [6, 6.07) is 6.01. The molecule has 1 saturated heterocycles. The highest BCUT2D eigenvalue weighted by Gasteiger charge is 2.32. The molecule has 1 atom stereocenters. The van der Waals surface area contributed by atoms with Crippen LogP contribution in [-0.2, 0) is 13.0 Å². The van der Waals surface area contributed by atoms with Crippen LogP contribution in [0.15, 0.2) is 29.1 Å². The molecule has 0 bridgehead atoms. The Morgan fingerprint density at radius 2 is 2.03 bits per heavy atom. The van der Waals surface area contributed by atoms with Crippen molar-refractivity contribution in [2.24, 2.45) is 5.92 Å². The van der Waals surface area contributed by atoms with Crippen LogP contribution in [0.3, 0.4) is 0 Å². The first kappa shape index (κ1) is 18.5. The van der Waals surface area contributed by atoms with E-state index in [0.29, 0.717) is 24.2 Å². The summed E-state index contributed by atoms with van der Waals surface area (Å²) in [6.07, 6.45) is 4.10. The second-order valence-electron chi connectivity index (χ2n) is 8.52. The van der Waals surface area contributed by atoms with Gasteiger partial charge in [-0.1, -0.05) is 12.1 Å². The van der Waals surface area contributed by atoms with Crippen molar-refractivity contribution in [1.29, 1.82) is 0 Å². The van der Waals surface area contributed by atoms with Crippen LogP contribution in [0, 0.1) is 11.7 Å². The summed E-state index contributed by atoms with van der Waals surface area (Å²) in [4.78, 5) is 37.2. The third-order valence-electron chi connectivity index (χ3n) is 6.36. The molecule has 3 heterocycles. The molecular weight excluding hydrogens is 371 g/mol. The number of hydrogen-bond donors (Lipinski definition) is 1. The zero-order valence-electron chi connectivity index (χ0n) is 16.4. The number of halogens is 1. The lowest BCUT2D eigenvalue weighted by Crippen LogP contribution is -2.40. The minimum atomic E-state index is -0.524. The summed E-state index contributed by atoms with van der Waals surface area (Å²) in [7, 11) is 0. The number of hydrogen-bond acceptors (Lipinski definition) is 4. The Kier molecular flexibility index (Phi) is 4.70. The lowest BCUT2D eigenvalue weighted by molar-refractivity contribution is 0.0726. The molecule has 1 amide bonds. The SMILES string of the molecule is O=C(c1ccccc1F)N1CCc2c(nc([C@H]3CCN(CC4CC4)C3)[nH]c2=O)C1. The normalized spacial score (nSPS) is 22.0. The monoisotopic (exact) mass is 396 g/mol. The maximum atomic E-state index is 14.0. The summed E-state index contributed by atoms with van der Waals surface area (Å²) < 4.78 is 14.0. The molecule has 1 aliphatic carbocycles. The Morgan fingerprint density at radius 1 is 1.21 bits per heavy atom. The number of carbonyl (C=O) groups excluding carboxylic acids is 1. The first-order chi connectivity index (χ1) is 14.1. The van der Waals surface area contributed by atoms with Gasteiger partial charge in [-0.15, -0.1) is 0 Å². The molecule has 29 heavy (non-hydrogen) atoms. The van der Waals surface area contributed by atoms with Crippen LogP contribution in [0.5, 0.6) is 0 Å². The van der Waals surface area contributed by atoms with Crippen molar-refractivity contribution in [2.75, 3.05) is 26.2 Å². The van der Waals surface area contributed by atoms with E-state index < -0.39 is 5.82 Å². The van der Waals surface area contributed by atoms with E-state index in [9.17, 15) is 14.0 Å². The highest BCUT2D eigenvalue weighted by molar-refractivity contribution is 5.94. The molecule has 0 spiro atoms. The maximum Gasteiger partial charge on any atom is 0.257 e. The number of rotatable bonds is 4. The van der Waals surface area contributed by atoms with Crippen molar-refractivity contribution in [2.45, 2.75) is 38.1 Å². The predicted octanol–water partition coefficient (Wildman–Crippen LogP) is 2.31. The van der Waals surface area contributed by atoms with Gasteiger partial charge in [0, 0.05) is 31.1 Å². The third-order valence-corrected chi connectivity index (χ3v) is 6.36. The van der Waals surface area contributed by atoms with Gasteiger partial charge in [-0.25, -0.2) is 9.37 Å². The van der Waals surface area contributed by atoms with Gasteiger partial charge in [-0.3, -0.25) is 9.59 Å². The van der Waals surface area contributed by atoms with Gasteiger partial charge in [0.1, 0.15) is 11.6 Å². The molecule has 7 heteroatoms. The van der Waals surface area contributed by atoms with Gasteiger partial charge in [0.2, 0.25) is 0 Å². The van der Waals surface area contributed by atoms with E-state index in [0.717, 1.165) is 37.8 Å². The van der Waals surface area contributed by atoms with Crippen LogP contribution in [-0.4, -0.2) is 51.9 Å². The summed E-state index contributed by atoms with van der Waals surface area (Å²) >= 11 is 0. The molecule has 2 aliphatic heterocycles. The zero-order chi connectivity index (χ0) is 20.0. The smallest absolute Gasteiger partial charge is 0.257 e. The molecule has 2 aromatic rings. The standard InChI is InChI=1S/C22H25FN4O2/c23-18-4-2-1-3-16(18)22(29)27-10-8-17-19(13-27)24-20(25-21(17)28)15-7-9-26(12-15)11-14-5-6-14/h1-4,14-15H,5-13H2,(H,24,25,28)/t15-/m0/s1. The Labute approximate surface area is 168 Å². The number of likely N-dealkylation sites (tertiary alicyclic amines) is 1. The number of nitrogens with zero attached hydrogens (tertiary/aromatic N) is 3. The molecule has 2 fully saturated rings. The predicted molar refractivity (Wildman–Crippen MR) is 106 cm³/mol. The fraction of sp³-hybridized carbons (Fsp3) is 0.500. The molecular formula is C22H25FN4O2. The van der Waals surface area contributed by atoms with Crippen LogP contribution in [0.25, 0.3) is 0 Å². The van der Waals surface area contributed by atoms with E-state index >= 15 is 0 Å². The number of amides is 1. The van der Waals surface area contributed by atoms with E-state index in [4.69, 9.17) is 4.98 Å². The molecule has 6 nitrogen and oxygen atoms in total. The van der Waals surface area contributed by atoms with Gasteiger partial charge in [-0.05, 0) is 50.3 Å². The second-order valence-corrected chi connectivity index (χ2v) is 8.52. The lowest BCUT2D eigenvalue weighted by Gasteiger charge is -2.28. The van der Waals surface area contributed by atoms with Crippen molar-refractivity contribution in [3.8, 4) is 0 Å². The number of aromatic amines is 1. The molecule has 1 aromatic heterocycles. The average Bonchev–Trinajstić information content (AvgIpc) is 3.41. The van der Waals surface area contributed by atoms with Crippen LogP contribution in [0.2, 0.25) is 0 Å². The molecule has 3 aliphatic rings. The van der Waals surface area contributed by atoms with E-state index in [1.165, 1.54) is 25.0 Å². The van der Waals surface area contributed by atoms with Crippen molar-refractivity contribution in [3.05, 3.63) is 63.1 Å². The summed E-state index contributed by atoms with van der Waals surface area (Å²) in [5, 5.41) is 0. The molecule has 5 rings (SSSR count). The number of fused-ring (bicyclic) bond motifs is 1. The summed E-state index contributed by atoms with van der Waals surface area (Å²) in [5.41, 5.74) is 1.27. The Bertz CT molecular complexity index is 1000. The van der Waals surface area contributed by atoms with E-state index in [-0.39, 0.29) is 29.5 Å². The third kappa shape index (κ3) is 3.71. The zero-order valence-corrected chi connectivity index (χ0v) is 16.4. The number of aromatic nitrogens is 2. The van der Waals surface area contributed by atoms with Gasteiger partial charge >= 0.3 is 0 Å². The molecule has 1 aromatic carbocycles. The van der Waals surface area contributed by atoms with Gasteiger partial charge < -0.3 is 14.8 Å². The minimum absolute atomic E-state index is 0.0625. The molecule has 152 valence electrons. The molecule has 0 unspecified atom stereocenters. The second kappa shape index (κ2) is 7.37. The van der Waals surface area contributed by atoms with Gasteiger partial charge in [0.15, 0.2) is 0 Å². The first-order valence-corrected chi connectivity index (χ1v) is 10.5. The number of benzene rings is 1. The fourth-order valence-corrected chi connectivity index (χ4v) is 4.52. The number of nitrogens with one attached hydrogen (secondary N) is 1. The molecule has 1 saturated carbocycles. The maximum absolute atomic E-state index is 14.0. The van der Waals surface area contributed by atoms with Crippen LogP contribution in [0.4, 0.5) is 4.39 Å². The largest absolute Gasteiger partial charge is 0.332 e. The van der Waals surface area contributed by atoms with Crippen molar-refractivity contribution >= 4 is 5.91 Å². The first-order valence-electron chi connectivity index (χ1n) is 10.5. The lowest BCUT2D eigenvalue weighted by atomic mass is 10.0. The number of H-pyrrole nitrogens is 1. The topological polar surface area (TPSA) is 69.3 Å². The highest BCUT2D eigenvalue weighted by atomic mass is 19.1.